The van der Waals surface area contributed by atoms with E-state index in [-0.39, 0.29) is 12.2 Å². The predicted octanol–water partition coefficient (Wildman–Crippen LogP) is 2.22. The zero-order valence-corrected chi connectivity index (χ0v) is 9.97. The van der Waals surface area contributed by atoms with Gasteiger partial charge < -0.3 is 9.72 Å². The number of nitrogens with one attached hydrogen (secondary N) is 1. The molecule has 4 nitrogen and oxygen atoms in total. The molecule has 2 aromatic rings. The van der Waals surface area contributed by atoms with E-state index in [1.165, 1.54) is 6.07 Å². The second-order valence-electron chi connectivity index (χ2n) is 3.70. The molecule has 0 aliphatic carbocycles. The number of pyridine rings is 1. The second kappa shape index (κ2) is 5.31. The number of carbonyl (C=O) groups excluding carboxylic acids is 1. The topological polar surface area (TPSA) is 59.2 Å². The van der Waals surface area contributed by atoms with E-state index in [0.29, 0.717) is 5.69 Å². The van der Waals surface area contributed by atoms with Gasteiger partial charge in [0.15, 0.2) is 0 Å². The Labute approximate surface area is 104 Å². The summed E-state index contributed by atoms with van der Waals surface area (Å²) in [6.07, 6.45) is 0. The van der Waals surface area contributed by atoms with Gasteiger partial charge in [-0.15, -0.1) is 0 Å². The number of esters is 1. The molecule has 0 fully saturated rings. The van der Waals surface area contributed by atoms with E-state index in [4.69, 9.17) is 4.74 Å². The normalized spacial score (nSPS) is 10.1. The lowest BCUT2D eigenvalue weighted by atomic mass is 10.1. The van der Waals surface area contributed by atoms with Gasteiger partial charge in [0.25, 0.3) is 5.56 Å². The van der Waals surface area contributed by atoms with Crippen molar-refractivity contribution in [2.24, 2.45) is 0 Å². The van der Waals surface area contributed by atoms with Gasteiger partial charge in [-0.05, 0) is 24.6 Å². The van der Waals surface area contributed by atoms with Crippen LogP contribution in [0.1, 0.15) is 17.3 Å². The molecule has 18 heavy (non-hydrogen) atoms. The van der Waals surface area contributed by atoms with Crippen molar-refractivity contribution in [1.82, 2.24) is 4.98 Å². The SMILES string of the molecule is CCOC(=O)c1ccc(-c2ccccc2)[nH]c1=O. The van der Waals surface area contributed by atoms with Gasteiger partial charge in [-0.3, -0.25) is 4.79 Å². The molecule has 4 heteroatoms. The molecular formula is C14H13NO3. The van der Waals surface area contributed by atoms with Crippen LogP contribution >= 0.6 is 0 Å². The molecule has 0 amide bonds. The summed E-state index contributed by atoms with van der Waals surface area (Å²) < 4.78 is 4.80. The standard InChI is InChI=1S/C14H13NO3/c1-2-18-14(17)11-8-9-12(15-13(11)16)10-6-4-3-5-7-10/h3-9H,2H2,1H3,(H,15,16). The Kier molecular flexibility index (Phi) is 3.57. The third-order valence-electron chi connectivity index (χ3n) is 2.49. The van der Waals surface area contributed by atoms with E-state index in [1.54, 1.807) is 13.0 Å². The summed E-state index contributed by atoms with van der Waals surface area (Å²) in [6, 6.07) is 12.6. The minimum absolute atomic E-state index is 0.0246. The quantitative estimate of drug-likeness (QED) is 0.841. The Bertz CT molecular complexity index is 602. The summed E-state index contributed by atoms with van der Waals surface area (Å²) in [6.45, 7) is 1.95. The van der Waals surface area contributed by atoms with Crippen LogP contribution in [0.2, 0.25) is 0 Å². The Morgan fingerprint density at radius 2 is 1.89 bits per heavy atom. The Balaban J connectivity index is 2.37. The molecule has 2 rings (SSSR count). The van der Waals surface area contributed by atoms with E-state index in [2.05, 4.69) is 4.98 Å². The maximum Gasteiger partial charge on any atom is 0.343 e. The molecule has 92 valence electrons. The van der Waals surface area contributed by atoms with Crippen molar-refractivity contribution in [3.8, 4) is 11.3 Å². The monoisotopic (exact) mass is 243 g/mol. The van der Waals surface area contributed by atoms with Crippen molar-refractivity contribution in [2.75, 3.05) is 6.61 Å². The van der Waals surface area contributed by atoms with Crippen LogP contribution < -0.4 is 5.56 Å². The lowest BCUT2D eigenvalue weighted by Crippen LogP contribution is -2.19. The first-order valence-corrected chi connectivity index (χ1v) is 5.68. The average Bonchev–Trinajstić information content (AvgIpc) is 2.40. The van der Waals surface area contributed by atoms with Crippen molar-refractivity contribution < 1.29 is 9.53 Å². The van der Waals surface area contributed by atoms with Crippen LogP contribution in [-0.4, -0.2) is 17.6 Å². The molecule has 1 aromatic carbocycles. The number of carbonyl (C=O) groups is 1. The first kappa shape index (κ1) is 12.1. The molecule has 1 aromatic heterocycles. The van der Waals surface area contributed by atoms with E-state index < -0.39 is 11.5 Å². The number of aromatic nitrogens is 1. The van der Waals surface area contributed by atoms with Crippen LogP contribution in [0.3, 0.4) is 0 Å². The molecular weight excluding hydrogens is 230 g/mol. The highest BCUT2D eigenvalue weighted by Crippen LogP contribution is 2.14. The Hall–Kier alpha value is -2.36. The minimum Gasteiger partial charge on any atom is -0.462 e. The third kappa shape index (κ3) is 2.48. The van der Waals surface area contributed by atoms with Crippen molar-refractivity contribution >= 4 is 5.97 Å². The third-order valence-corrected chi connectivity index (χ3v) is 2.49. The second-order valence-corrected chi connectivity index (χ2v) is 3.70. The number of H-pyrrole nitrogens is 1. The first-order chi connectivity index (χ1) is 8.72. The van der Waals surface area contributed by atoms with Crippen molar-refractivity contribution in [2.45, 2.75) is 6.92 Å². The molecule has 0 radical (unpaired) electrons. The minimum atomic E-state index is -0.599. The van der Waals surface area contributed by atoms with Gasteiger partial charge in [0.05, 0.1) is 6.61 Å². The van der Waals surface area contributed by atoms with Gasteiger partial charge >= 0.3 is 5.97 Å². The van der Waals surface area contributed by atoms with Crippen LogP contribution in [0.25, 0.3) is 11.3 Å². The number of ether oxygens (including phenoxy) is 1. The van der Waals surface area contributed by atoms with Crippen LogP contribution in [-0.2, 0) is 4.74 Å². The summed E-state index contributed by atoms with van der Waals surface area (Å²) in [7, 11) is 0. The average molecular weight is 243 g/mol. The summed E-state index contributed by atoms with van der Waals surface area (Å²) in [5.74, 6) is -0.599. The highest BCUT2D eigenvalue weighted by molar-refractivity contribution is 5.89. The van der Waals surface area contributed by atoms with E-state index in [9.17, 15) is 9.59 Å². The molecule has 0 atom stereocenters. The zero-order chi connectivity index (χ0) is 13.0. The van der Waals surface area contributed by atoms with Gasteiger partial charge in [-0.1, -0.05) is 30.3 Å². The molecule has 0 aliphatic heterocycles. The summed E-state index contributed by atoms with van der Waals surface area (Å²) in [5, 5.41) is 0. The van der Waals surface area contributed by atoms with E-state index >= 15 is 0 Å². The maximum atomic E-state index is 11.8. The van der Waals surface area contributed by atoms with Crippen LogP contribution in [0.15, 0.2) is 47.3 Å². The first-order valence-electron chi connectivity index (χ1n) is 5.68. The smallest absolute Gasteiger partial charge is 0.343 e. The molecule has 1 heterocycles. The molecule has 1 N–H and O–H groups in total. The van der Waals surface area contributed by atoms with Gasteiger partial charge in [-0.2, -0.15) is 0 Å². The zero-order valence-electron chi connectivity index (χ0n) is 9.97. The largest absolute Gasteiger partial charge is 0.462 e. The highest BCUT2D eigenvalue weighted by Gasteiger charge is 2.11. The Morgan fingerprint density at radius 1 is 1.17 bits per heavy atom. The van der Waals surface area contributed by atoms with Gasteiger partial charge in [0.2, 0.25) is 0 Å². The van der Waals surface area contributed by atoms with Crippen LogP contribution in [0.5, 0.6) is 0 Å². The number of hydrogen-bond acceptors (Lipinski definition) is 3. The molecule has 0 saturated carbocycles. The number of aromatic amines is 1. The summed E-state index contributed by atoms with van der Waals surface area (Å²) >= 11 is 0. The maximum absolute atomic E-state index is 11.8. The molecule has 0 aliphatic rings. The number of hydrogen-bond donors (Lipinski definition) is 1. The van der Waals surface area contributed by atoms with Crippen LogP contribution in [0, 0.1) is 0 Å². The lowest BCUT2D eigenvalue weighted by molar-refractivity contribution is 0.0524. The van der Waals surface area contributed by atoms with Gasteiger partial charge in [-0.25, -0.2) is 4.79 Å². The lowest BCUT2D eigenvalue weighted by Gasteiger charge is -2.04. The van der Waals surface area contributed by atoms with Crippen molar-refractivity contribution in [3.05, 3.63) is 58.4 Å². The van der Waals surface area contributed by atoms with Crippen molar-refractivity contribution in [3.63, 3.8) is 0 Å². The van der Waals surface area contributed by atoms with Gasteiger partial charge in [0, 0.05) is 5.69 Å². The fourth-order valence-corrected chi connectivity index (χ4v) is 1.63. The number of benzene rings is 1. The molecule has 0 saturated heterocycles. The fraction of sp³-hybridized carbons (Fsp3) is 0.143. The number of rotatable bonds is 3. The fourth-order valence-electron chi connectivity index (χ4n) is 1.63. The van der Waals surface area contributed by atoms with Gasteiger partial charge in [0.1, 0.15) is 5.56 Å². The molecule has 0 spiro atoms. The summed E-state index contributed by atoms with van der Waals surface area (Å²) in [4.78, 5) is 25.9. The highest BCUT2D eigenvalue weighted by atomic mass is 16.5. The van der Waals surface area contributed by atoms with Crippen LogP contribution in [0.4, 0.5) is 0 Å². The van der Waals surface area contributed by atoms with Crippen molar-refractivity contribution in [1.29, 1.82) is 0 Å². The summed E-state index contributed by atoms with van der Waals surface area (Å²) in [5.41, 5.74) is 1.16. The van der Waals surface area contributed by atoms with E-state index in [1.807, 2.05) is 30.3 Å². The molecule has 0 bridgehead atoms. The molecule has 0 unspecified atom stereocenters. The predicted molar refractivity (Wildman–Crippen MR) is 68.5 cm³/mol. The Morgan fingerprint density at radius 3 is 2.50 bits per heavy atom. The van der Waals surface area contributed by atoms with E-state index in [0.717, 1.165) is 5.56 Å².